The lowest BCUT2D eigenvalue weighted by molar-refractivity contribution is -0.124. The topological polar surface area (TPSA) is 79.0 Å². The Bertz CT molecular complexity index is 1170. The molecular formula is C27H27F2N3O4. The summed E-state index contributed by atoms with van der Waals surface area (Å²) >= 11 is 0. The number of ether oxygens (including phenoxy) is 1. The molecule has 2 aromatic carbocycles. The Kier molecular flexibility index (Phi) is 8.92. The minimum Gasteiger partial charge on any atom is -0.375 e. The van der Waals surface area contributed by atoms with Crippen LogP contribution in [-0.4, -0.2) is 55.1 Å². The van der Waals surface area contributed by atoms with Gasteiger partial charge in [0, 0.05) is 24.2 Å². The van der Waals surface area contributed by atoms with Crippen LogP contribution in [0.1, 0.15) is 30.9 Å². The lowest BCUT2D eigenvalue weighted by Crippen LogP contribution is -2.67. The molecule has 1 unspecified atom stereocenters. The molecule has 1 fully saturated rings. The molecule has 7 nitrogen and oxygen atoms in total. The van der Waals surface area contributed by atoms with Crippen molar-refractivity contribution in [2.45, 2.75) is 25.3 Å². The minimum atomic E-state index is -1.09. The number of urea groups is 1. The summed E-state index contributed by atoms with van der Waals surface area (Å²) in [5.41, 5.74) is -1.09. The van der Waals surface area contributed by atoms with Crippen molar-refractivity contribution in [3.63, 3.8) is 0 Å². The monoisotopic (exact) mass is 495 g/mol. The Morgan fingerprint density at radius 2 is 1.81 bits per heavy atom. The third kappa shape index (κ3) is 5.78. The Balaban J connectivity index is 1.97. The average Bonchev–Trinajstić information content (AvgIpc) is 2.86. The van der Waals surface area contributed by atoms with Gasteiger partial charge in [0.1, 0.15) is 5.69 Å². The summed E-state index contributed by atoms with van der Waals surface area (Å²) in [7, 11) is 0. The predicted molar refractivity (Wildman–Crippen MR) is 131 cm³/mol. The molecule has 1 heterocycles. The first-order chi connectivity index (χ1) is 17.4. The standard InChI is InChI=1S/C27H27F2N3O4/c1-3-14-36-18-27(4-2)17-24(34)32(26(35)31(27)13-12-30-19-33)25-22(28)15-21(16-23(25)29)11-10-20-8-6-5-7-9-20/h3,5-9,15-16,19H,1,4,12-14,17-18H2,2H3,(H,30,33). The number of carbonyl (C=O) groups is 3. The lowest BCUT2D eigenvalue weighted by atomic mass is 9.87. The Morgan fingerprint density at radius 3 is 2.42 bits per heavy atom. The maximum Gasteiger partial charge on any atom is 0.332 e. The highest BCUT2D eigenvalue weighted by Gasteiger charge is 2.50. The molecule has 0 aliphatic carbocycles. The molecule has 1 saturated heterocycles. The van der Waals surface area contributed by atoms with Gasteiger partial charge in [-0.3, -0.25) is 9.59 Å². The van der Waals surface area contributed by atoms with Gasteiger partial charge in [-0.1, -0.05) is 43.0 Å². The highest BCUT2D eigenvalue weighted by Crippen LogP contribution is 2.36. The summed E-state index contributed by atoms with van der Waals surface area (Å²) in [4.78, 5) is 39.3. The van der Waals surface area contributed by atoms with E-state index in [-0.39, 0.29) is 38.3 Å². The van der Waals surface area contributed by atoms with Crippen LogP contribution in [0.15, 0.2) is 55.1 Å². The van der Waals surface area contributed by atoms with Crippen LogP contribution in [0.3, 0.4) is 0 Å². The Morgan fingerprint density at radius 1 is 1.14 bits per heavy atom. The van der Waals surface area contributed by atoms with Crippen molar-refractivity contribution in [3.05, 3.63) is 77.9 Å². The van der Waals surface area contributed by atoms with E-state index in [2.05, 4.69) is 23.7 Å². The van der Waals surface area contributed by atoms with Gasteiger partial charge in [0.05, 0.1) is 25.2 Å². The normalized spacial score (nSPS) is 17.4. The number of benzene rings is 2. The van der Waals surface area contributed by atoms with Gasteiger partial charge >= 0.3 is 6.03 Å². The lowest BCUT2D eigenvalue weighted by Gasteiger charge is -2.48. The van der Waals surface area contributed by atoms with Crippen molar-refractivity contribution in [2.75, 3.05) is 31.2 Å². The Labute approximate surface area is 208 Å². The van der Waals surface area contributed by atoms with Gasteiger partial charge in [0.15, 0.2) is 11.6 Å². The molecule has 0 aromatic heterocycles. The van der Waals surface area contributed by atoms with Crippen molar-refractivity contribution in [1.82, 2.24) is 10.2 Å². The number of imide groups is 1. The third-order valence-electron chi connectivity index (χ3n) is 5.92. The summed E-state index contributed by atoms with van der Waals surface area (Å²) in [6, 6.07) is 9.99. The molecule has 0 radical (unpaired) electrons. The summed E-state index contributed by atoms with van der Waals surface area (Å²) in [6.45, 7) is 5.68. The molecule has 4 amide bonds. The Hall–Kier alpha value is -4.03. The number of halogens is 2. The van der Waals surface area contributed by atoms with Crippen LogP contribution in [0.5, 0.6) is 0 Å². The van der Waals surface area contributed by atoms with E-state index in [1.165, 1.54) is 11.0 Å². The van der Waals surface area contributed by atoms with E-state index in [1.807, 2.05) is 6.07 Å². The van der Waals surface area contributed by atoms with Gasteiger partial charge in [0.2, 0.25) is 12.3 Å². The molecule has 0 saturated carbocycles. The van der Waals surface area contributed by atoms with Gasteiger partial charge in [0.25, 0.3) is 0 Å². The van der Waals surface area contributed by atoms with Crippen LogP contribution >= 0.6 is 0 Å². The molecule has 188 valence electrons. The fourth-order valence-corrected chi connectivity index (χ4v) is 4.07. The first-order valence-electron chi connectivity index (χ1n) is 11.4. The smallest absolute Gasteiger partial charge is 0.332 e. The third-order valence-corrected chi connectivity index (χ3v) is 5.92. The van der Waals surface area contributed by atoms with Gasteiger partial charge in [-0.2, -0.15) is 0 Å². The van der Waals surface area contributed by atoms with Crippen molar-refractivity contribution in [2.24, 2.45) is 0 Å². The molecule has 0 bridgehead atoms. The van der Waals surface area contributed by atoms with E-state index in [0.29, 0.717) is 23.3 Å². The summed E-state index contributed by atoms with van der Waals surface area (Å²) in [5.74, 6) is 2.57. The van der Waals surface area contributed by atoms with Gasteiger partial charge < -0.3 is 15.0 Å². The van der Waals surface area contributed by atoms with E-state index >= 15 is 8.78 Å². The fraction of sp³-hybridized carbons (Fsp3) is 0.296. The number of hydrogen-bond donors (Lipinski definition) is 1. The molecule has 1 atom stereocenters. The van der Waals surface area contributed by atoms with Gasteiger partial charge in [-0.15, -0.1) is 6.58 Å². The number of nitrogens with zero attached hydrogens (tertiary/aromatic N) is 2. The van der Waals surface area contributed by atoms with Crippen molar-refractivity contribution < 1.29 is 27.9 Å². The zero-order chi connectivity index (χ0) is 26.1. The summed E-state index contributed by atoms with van der Waals surface area (Å²) in [6.07, 6.45) is 2.14. The SMILES string of the molecule is C=CCOCC1(CC)CC(=O)N(c2c(F)cc(C#Cc3ccccc3)cc2F)C(=O)N1CCNC=O. The van der Waals surface area contributed by atoms with Crippen LogP contribution < -0.4 is 10.2 Å². The second kappa shape index (κ2) is 12.1. The number of hydrogen-bond acceptors (Lipinski definition) is 4. The maximum absolute atomic E-state index is 15.2. The highest BCUT2D eigenvalue weighted by molar-refractivity contribution is 6.16. The van der Waals surface area contributed by atoms with Crippen molar-refractivity contribution in [3.8, 4) is 11.8 Å². The molecule has 3 rings (SSSR count). The number of rotatable bonds is 10. The fourth-order valence-electron chi connectivity index (χ4n) is 4.07. The second-order valence-electron chi connectivity index (χ2n) is 8.20. The molecule has 9 heteroatoms. The summed E-state index contributed by atoms with van der Waals surface area (Å²) < 4.78 is 35.9. The van der Waals surface area contributed by atoms with Gasteiger partial charge in [-0.25, -0.2) is 18.5 Å². The second-order valence-corrected chi connectivity index (χ2v) is 8.20. The van der Waals surface area contributed by atoms with Crippen LogP contribution in [-0.2, 0) is 14.3 Å². The van der Waals surface area contributed by atoms with Crippen molar-refractivity contribution in [1.29, 1.82) is 0 Å². The quantitative estimate of drug-likeness (QED) is 0.236. The van der Waals surface area contributed by atoms with Gasteiger partial charge in [-0.05, 0) is 30.7 Å². The minimum absolute atomic E-state index is 0.0104. The maximum atomic E-state index is 15.2. The van der Waals surface area contributed by atoms with Crippen LogP contribution in [0, 0.1) is 23.5 Å². The van der Waals surface area contributed by atoms with E-state index < -0.39 is 34.8 Å². The first-order valence-corrected chi connectivity index (χ1v) is 11.4. The molecule has 2 aromatic rings. The molecule has 1 N–H and O–H groups in total. The van der Waals surface area contributed by atoms with Crippen LogP contribution in [0.4, 0.5) is 19.3 Å². The van der Waals surface area contributed by atoms with E-state index in [9.17, 15) is 14.4 Å². The first kappa shape index (κ1) is 26.6. The van der Waals surface area contributed by atoms with E-state index in [0.717, 1.165) is 12.1 Å². The van der Waals surface area contributed by atoms with E-state index in [4.69, 9.17) is 4.74 Å². The average molecular weight is 496 g/mol. The molecular weight excluding hydrogens is 468 g/mol. The summed E-state index contributed by atoms with van der Waals surface area (Å²) in [5, 5.41) is 2.47. The number of amides is 4. The number of nitrogens with one attached hydrogen (secondary N) is 1. The zero-order valence-corrected chi connectivity index (χ0v) is 19.9. The largest absolute Gasteiger partial charge is 0.375 e. The number of carbonyl (C=O) groups excluding carboxylic acids is 3. The molecule has 36 heavy (non-hydrogen) atoms. The highest BCUT2D eigenvalue weighted by atomic mass is 19.1. The molecule has 1 aliphatic rings. The van der Waals surface area contributed by atoms with Crippen LogP contribution in [0.25, 0.3) is 0 Å². The molecule has 0 spiro atoms. The van der Waals surface area contributed by atoms with E-state index in [1.54, 1.807) is 31.2 Å². The van der Waals surface area contributed by atoms with Crippen LogP contribution in [0.2, 0.25) is 0 Å². The number of anilines is 1. The molecule has 1 aliphatic heterocycles. The van der Waals surface area contributed by atoms with Crippen molar-refractivity contribution >= 4 is 24.0 Å². The predicted octanol–water partition coefficient (Wildman–Crippen LogP) is 3.62. The zero-order valence-electron chi connectivity index (χ0n) is 19.9.